The molecule has 2 aromatic carbocycles. The van der Waals surface area contributed by atoms with Crippen LogP contribution in [-0.2, 0) is 4.79 Å². The quantitative estimate of drug-likeness (QED) is 0.805. The molecule has 0 heterocycles. The van der Waals surface area contributed by atoms with E-state index in [0.29, 0.717) is 12.5 Å². The van der Waals surface area contributed by atoms with Crippen LogP contribution in [0.25, 0.3) is 10.8 Å². The minimum Gasteiger partial charge on any atom is -0.483 e. The van der Waals surface area contributed by atoms with E-state index in [9.17, 15) is 4.79 Å². The first-order valence-corrected chi connectivity index (χ1v) is 7.72. The smallest absolute Gasteiger partial charge is 0.257 e. The van der Waals surface area contributed by atoms with Gasteiger partial charge >= 0.3 is 0 Å². The Kier molecular flexibility index (Phi) is 5.78. The van der Waals surface area contributed by atoms with E-state index in [1.807, 2.05) is 42.5 Å². The number of hydrogen-bond acceptors (Lipinski definition) is 2. The number of amides is 1. The number of carbonyl (C=O) groups excluding carboxylic acids is 1. The molecular formula is C18H25N2O2+. The number of ether oxygens (including phenoxy) is 1. The number of carbonyl (C=O) groups is 1. The predicted octanol–water partition coefficient (Wildman–Crippen LogP) is 1.12. The molecule has 0 unspecified atom stereocenters. The number of fused-ring (bicyclic) bond motifs is 1. The van der Waals surface area contributed by atoms with Gasteiger partial charge in [0.15, 0.2) is 6.61 Å². The highest BCUT2D eigenvalue weighted by Gasteiger charge is 2.09. The van der Waals surface area contributed by atoms with Crippen LogP contribution in [-0.4, -0.2) is 39.7 Å². The van der Waals surface area contributed by atoms with Crippen molar-refractivity contribution in [3.05, 3.63) is 42.5 Å². The molecule has 4 heteroatoms. The average Bonchev–Trinajstić information content (AvgIpc) is 2.50. The van der Waals surface area contributed by atoms with Crippen molar-refractivity contribution >= 4 is 16.7 Å². The predicted molar refractivity (Wildman–Crippen MR) is 89.3 cm³/mol. The maximum Gasteiger partial charge on any atom is 0.257 e. The summed E-state index contributed by atoms with van der Waals surface area (Å²) >= 11 is 0. The molecule has 0 aliphatic heterocycles. The Bertz CT molecular complexity index is 620. The van der Waals surface area contributed by atoms with Gasteiger partial charge < -0.3 is 15.0 Å². The molecule has 0 radical (unpaired) electrons. The first-order valence-electron chi connectivity index (χ1n) is 7.72. The van der Waals surface area contributed by atoms with Crippen LogP contribution in [0.2, 0.25) is 0 Å². The lowest BCUT2D eigenvalue weighted by atomic mass is 10.1. The maximum absolute atomic E-state index is 11.9. The molecule has 0 saturated carbocycles. The first-order chi connectivity index (χ1) is 10.6. The van der Waals surface area contributed by atoms with Crippen molar-refractivity contribution in [2.45, 2.75) is 6.92 Å². The van der Waals surface area contributed by atoms with Gasteiger partial charge in [-0.2, -0.15) is 0 Å². The summed E-state index contributed by atoms with van der Waals surface area (Å²) in [6.45, 7) is 3.90. The number of hydrogen-bond donors (Lipinski definition) is 2. The zero-order valence-electron chi connectivity index (χ0n) is 13.6. The van der Waals surface area contributed by atoms with Crippen molar-refractivity contribution in [2.24, 2.45) is 5.92 Å². The molecule has 0 aliphatic carbocycles. The van der Waals surface area contributed by atoms with Crippen LogP contribution in [0.15, 0.2) is 42.5 Å². The highest BCUT2D eigenvalue weighted by Crippen LogP contribution is 2.24. The van der Waals surface area contributed by atoms with Crippen molar-refractivity contribution in [3.8, 4) is 5.75 Å². The molecule has 0 bridgehead atoms. The molecule has 2 aromatic rings. The second kappa shape index (κ2) is 7.80. The molecule has 0 fully saturated rings. The van der Waals surface area contributed by atoms with Crippen molar-refractivity contribution in [2.75, 3.05) is 33.8 Å². The third-order valence-electron chi connectivity index (χ3n) is 3.51. The van der Waals surface area contributed by atoms with Crippen LogP contribution in [0.1, 0.15) is 6.92 Å². The third-order valence-corrected chi connectivity index (χ3v) is 3.51. The van der Waals surface area contributed by atoms with E-state index < -0.39 is 0 Å². The SMILES string of the molecule is C[C@H](CNC(=O)COc1cccc2ccccc12)C[NH+](C)C. The lowest BCUT2D eigenvalue weighted by molar-refractivity contribution is -0.861. The Hall–Kier alpha value is -2.07. The standard InChI is InChI=1S/C18H24N2O2/c1-14(12-20(2)3)11-19-18(21)13-22-17-10-6-8-15-7-4-5-9-16(15)17/h4-10,14H,11-13H2,1-3H3,(H,19,21)/p+1/t14-/m1/s1. The van der Waals surface area contributed by atoms with E-state index in [-0.39, 0.29) is 12.5 Å². The Morgan fingerprint density at radius 1 is 1.18 bits per heavy atom. The summed E-state index contributed by atoms with van der Waals surface area (Å²) in [5.74, 6) is 1.12. The molecule has 0 aromatic heterocycles. The average molecular weight is 301 g/mol. The molecule has 0 spiro atoms. The summed E-state index contributed by atoms with van der Waals surface area (Å²) in [7, 11) is 4.23. The Morgan fingerprint density at radius 3 is 2.68 bits per heavy atom. The summed E-state index contributed by atoms with van der Waals surface area (Å²) in [5.41, 5.74) is 0. The highest BCUT2D eigenvalue weighted by molar-refractivity contribution is 5.88. The molecule has 0 saturated heterocycles. The van der Waals surface area contributed by atoms with Gasteiger partial charge in [0, 0.05) is 17.8 Å². The lowest BCUT2D eigenvalue weighted by Gasteiger charge is -2.15. The van der Waals surface area contributed by atoms with Gasteiger partial charge in [0.1, 0.15) is 5.75 Å². The van der Waals surface area contributed by atoms with Gasteiger partial charge in [-0.15, -0.1) is 0 Å². The zero-order chi connectivity index (χ0) is 15.9. The fourth-order valence-corrected chi connectivity index (χ4v) is 2.57. The fourth-order valence-electron chi connectivity index (χ4n) is 2.57. The van der Waals surface area contributed by atoms with Crippen LogP contribution >= 0.6 is 0 Å². The normalized spacial score (nSPS) is 12.4. The summed E-state index contributed by atoms with van der Waals surface area (Å²) in [4.78, 5) is 13.3. The van der Waals surface area contributed by atoms with Gasteiger partial charge in [-0.1, -0.05) is 43.3 Å². The van der Waals surface area contributed by atoms with Crippen LogP contribution in [0.5, 0.6) is 5.75 Å². The Labute approximate surface area is 132 Å². The molecule has 118 valence electrons. The van der Waals surface area contributed by atoms with E-state index in [1.165, 1.54) is 4.90 Å². The number of quaternary nitrogens is 1. The second-order valence-corrected chi connectivity index (χ2v) is 6.09. The summed E-state index contributed by atoms with van der Waals surface area (Å²) in [6, 6.07) is 13.9. The van der Waals surface area contributed by atoms with E-state index in [1.54, 1.807) is 0 Å². The first kappa shape index (κ1) is 16.3. The van der Waals surface area contributed by atoms with E-state index >= 15 is 0 Å². The van der Waals surface area contributed by atoms with E-state index in [0.717, 1.165) is 23.1 Å². The third kappa shape index (κ3) is 4.74. The lowest BCUT2D eigenvalue weighted by Crippen LogP contribution is -3.06. The molecular weight excluding hydrogens is 276 g/mol. The Balaban J connectivity index is 1.85. The van der Waals surface area contributed by atoms with Crippen molar-refractivity contribution in [1.82, 2.24) is 5.32 Å². The van der Waals surface area contributed by atoms with Crippen LogP contribution in [0, 0.1) is 5.92 Å². The van der Waals surface area contributed by atoms with Gasteiger partial charge in [-0.05, 0) is 11.5 Å². The van der Waals surface area contributed by atoms with Gasteiger partial charge in [0.25, 0.3) is 5.91 Å². The van der Waals surface area contributed by atoms with Gasteiger partial charge in [-0.25, -0.2) is 0 Å². The highest BCUT2D eigenvalue weighted by atomic mass is 16.5. The van der Waals surface area contributed by atoms with Crippen molar-refractivity contribution in [1.29, 1.82) is 0 Å². The largest absolute Gasteiger partial charge is 0.483 e. The Morgan fingerprint density at radius 2 is 1.91 bits per heavy atom. The topological polar surface area (TPSA) is 42.8 Å². The molecule has 2 N–H and O–H groups in total. The monoisotopic (exact) mass is 301 g/mol. The summed E-state index contributed by atoms with van der Waals surface area (Å²) in [6.07, 6.45) is 0. The molecule has 1 atom stereocenters. The minimum atomic E-state index is -0.0754. The fraction of sp³-hybridized carbons (Fsp3) is 0.389. The van der Waals surface area contributed by atoms with E-state index in [2.05, 4.69) is 26.3 Å². The summed E-state index contributed by atoms with van der Waals surface area (Å²) in [5, 5.41) is 5.07. The number of rotatable bonds is 7. The van der Waals surface area contributed by atoms with Gasteiger partial charge in [-0.3, -0.25) is 4.79 Å². The molecule has 2 rings (SSSR count). The van der Waals surface area contributed by atoms with E-state index in [4.69, 9.17) is 4.74 Å². The molecule has 22 heavy (non-hydrogen) atoms. The van der Waals surface area contributed by atoms with Gasteiger partial charge in [0.05, 0.1) is 20.6 Å². The molecule has 0 aliphatic rings. The van der Waals surface area contributed by atoms with Crippen LogP contribution < -0.4 is 15.0 Å². The number of benzene rings is 2. The molecule has 1 amide bonds. The maximum atomic E-state index is 11.9. The minimum absolute atomic E-state index is 0.0511. The van der Waals surface area contributed by atoms with Crippen LogP contribution in [0.3, 0.4) is 0 Å². The van der Waals surface area contributed by atoms with Crippen molar-refractivity contribution < 1.29 is 14.4 Å². The van der Waals surface area contributed by atoms with Crippen molar-refractivity contribution in [3.63, 3.8) is 0 Å². The van der Waals surface area contributed by atoms with Crippen LogP contribution in [0.4, 0.5) is 0 Å². The molecule has 4 nitrogen and oxygen atoms in total. The zero-order valence-corrected chi connectivity index (χ0v) is 13.6. The van der Waals surface area contributed by atoms with Gasteiger partial charge in [0.2, 0.25) is 0 Å². The number of nitrogens with one attached hydrogen (secondary N) is 2. The second-order valence-electron chi connectivity index (χ2n) is 6.09. The summed E-state index contributed by atoms with van der Waals surface area (Å²) < 4.78 is 5.68.